The Morgan fingerprint density at radius 3 is 2.78 bits per heavy atom. The van der Waals surface area contributed by atoms with E-state index in [9.17, 15) is 0 Å². The summed E-state index contributed by atoms with van der Waals surface area (Å²) in [6, 6.07) is 7.78. The fourth-order valence-electron chi connectivity index (χ4n) is 2.97. The number of nitrogens with one attached hydrogen (secondary N) is 1. The first-order chi connectivity index (χ1) is 8.67. The lowest BCUT2D eigenvalue weighted by atomic mass is 10.1. The smallest absolute Gasteiger partial charge is 0.0471 e. The van der Waals surface area contributed by atoms with Crippen molar-refractivity contribution in [3.8, 4) is 0 Å². The first kappa shape index (κ1) is 13.7. The minimum Gasteiger partial charge on any atom is -0.366 e. The Morgan fingerprint density at radius 1 is 1.39 bits per heavy atom. The van der Waals surface area contributed by atoms with Crippen LogP contribution in [0.15, 0.2) is 18.2 Å². The Morgan fingerprint density at radius 2 is 2.17 bits per heavy atom. The molecule has 18 heavy (non-hydrogen) atoms. The third-order valence-electron chi connectivity index (χ3n) is 3.96. The lowest BCUT2D eigenvalue weighted by molar-refractivity contribution is 0.628. The van der Waals surface area contributed by atoms with E-state index < -0.39 is 0 Å². The highest BCUT2D eigenvalue weighted by Crippen LogP contribution is 2.34. The van der Waals surface area contributed by atoms with E-state index >= 15 is 0 Å². The number of hydrogen-bond acceptors (Lipinski definition) is 2. The van der Waals surface area contributed by atoms with Gasteiger partial charge in [-0.2, -0.15) is 0 Å². The maximum absolute atomic E-state index is 6.36. The summed E-state index contributed by atoms with van der Waals surface area (Å²) in [5, 5.41) is 4.02. The summed E-state index contributed by atoms with van der Waals surface area (Å²) in [4.78, 5) is 2.54. The van der Waals surface area contributed by atoms with Gasteiger partial charge in [-0.25, -0.2) is 0 Å². The van der Waals surface area contributed by atoms with E-state index in [1.807, 2.05) is 7.05 Å². The quantitative estimate of drug-likeness (QED) is 0.891. The summed E-state index contributed by atoms with van der Waals surface area (Å²) in [6.45, 7) is 5.41. The Labute approximate surface area is 115 Å². The second kappa shape index (κ2) is 5.94. The van der Waals surface area contributed by atoms with E-state index in [2.05, 4.69) is 42.3 Å². The highest BCUT2D eigenvalue weighted by atomic mass is 35.5. The highest BCUT2D eigenvalue weighted by Gasteiger charge is 2.29. The average molecular weight is 267 g/mol. The van der Waals surface area contributed by atoms with E-state index in [0.717, 1.165) is 11.6 Å². The highest BCUT2D eigenvalue weighted by molar-refractivity contribution is 6.31. The topological polar surface area (TPSA) is 15.3 Å². The lowest BCUT2D eigenvalue weighted by Gasteiger charge is -2.30. The van der Waals surface area contributed by atoms with Crippen LogP contribution in [0.3, 0.4) is 0 Å². The maximum Gasteiger partial charge on any atom is 0.0471 e. The fourth-order valence-corrected chi connectivity index (χ4v) is 3.21. The second-order valence-corrected chi connectivity index (χ2v) is 5.61. The number of nitrogens with zero attached hydrogens (tertiary/aromatic N) is 1. The van der Waals surface area contributed by atoms with Crippen LogP contribution >= 0.6 is 11.6 Å². The lowest BCUT2D eigenvalue weighted by Crippen LogP contribution is -2.34. The molecule has 3 heteroatoms. The molecular weight excluding hydrogens is 244 g/mol. The number of hydrogen-bond donors (Lipinski definition) is 1. The number of benzene rings is 1. The SMILES string of the molecule is CCC1CCC(C)N1c1ccc(CNC)c(Cl)c1. The van der Waals surface area contributed by atoms with Gasteiger partial charge in [-0.3, -0.25) is 0 Å². The molecular formula is C15H23ClN2. The van der Waals surface area contributed by atoms with E-state index in [-0.39, 0.29) is 0 Å². The predicted molar refractivity (Wildman–Crippen MR) is 79.5 cm³/mol. The first-order valence-corrected chi connectivity index (χ1v) is 7.26. The van der Waals surface area contributed by atoms with Gasteiger partial charge in [-0.1, -0.05) is 24.6 Å². The molecule has 1 N–H and O–H groups in total. The van der Waals surface area contributed by atoms with Crippen LogP contribution in [0.1, 0.15) is 38.7 Å². The molecule has 0 bridgehead atoms. The average Bonchev–Trinajstić information content (AvgIpc) is 2.73. The van der Waals surface area contributed by atoms with Crippen molar-refractivity contribution in [3.05, 3.63) is 28.8 Å². The zero-order valence-electron chi connectivity index (χ0n) is 11.5. The molecule has 1 fully saturated rings. The van der Waals surface area contributed by atoms with Gasteiger partial charge in [-0.15, -0.1) is 0 Å². The van der Waals surface area contributed by atoms with E-state index in [1.54, 1.807) is 0 Å². The van der Waals surface area contributed by atoms with Gasteiger partial charge >= 0.3 is 0 Å². The van der Waals surface area contributed by atoms with Gasteiger partial charge in [0.15, 0.2) is 0 Å². The molecule has 2 nitrogen and oxygen atoms in total. The van der Waals surface area contributed by atoms with Gasteiger partial charge in [0, 0.05) is 29.3 Å². The van der Waals surface area contributed by atoms with Crippen molar-refractivity contribution >= 4 is 17.3 Å². The van der Waals surface area contributed by atoms with Crippen molar-refractivity contribution in [2.24, 2.45) is 0 Å². The van der Waals surface area contributed by atoms with Crippen molar-refractivity contribution in [1.29, 1.82) is 0 Å². The van der Waals surface area contributed by atoms with Gasteiger partial charge < -0.3 is 10.2 Å². The third-order valence-corrected chi connectivity index (χ3v) is 4.31. The minimum absolute atomic E-state index is 0.626. The molecule has 2 rings (SSSR count). The summed E-state index contributed by atoms with van der Waals surface area (Å²) in [7, 11) is 1.94. The van der Waals surface area contributed by atoms with Crippen LogP contribution in [0.25, 0.3) is 0 Å². The van der Waals surface area contributed by atoms with E-state index in [0.29, 0.717) is 12.1 Å². The summed E-state index contributed by atoms with van der Waals surface area (Å²) in [5.41, 5.74) is 2.44. The fraction of sp³-hybridized carbons (Fsp3) is 0.600. The third kappa shape index (κ3) is 2.65. The Kier molecular flexibility index (Phi) is 4.52. The Hall–Kier alpha value is -0.730. The molecule has 1 saturated heterocycles. The zero-order valence-corrected chi connectivity index (χ0v) is 12.3. The Balaban J connectivity index is 2.25. The molecule has 0 saturated carbocycles. The van der Waals surface area contributed by atoms with Crippen molar-refractivity contribution in [1.82, 2.24) is 5.32 Å². The van der Waals surface area contributed by atoms with Crippen LogP contribution in [-0.4, -0.2) is 19.1 Å². The summed E-state index contributed by atoms with van der Waals surface area (Å²) in [6.07, 6.45) is 3.79. The molecule has 1 heterocycles. The molecule has 0 aromatic heterocycles. The van der Waals surface area contributed by atoms with Gasteiger partial charge in [0.1, 0.15) is 0 Å². The standard InChI is InChI=1S/C15H23ClN2/c1-4-13-7-5-11(2)18(13)14-8-6-12(10-17-3)15(16)9-14/h6,8-9,11,13,17H,4-5,7,10H2,1-3H3. The molecule has 1 aliphatic heterocycles. The first-order valence-electron chi connectivity index (χ1n) is 6.88. The normalized spacial score (nSPS) is 23.7. The number of anilines is 1. The van der Waals surface area contributed by atoms with Crippen LogP contribution in [0.5, 0.6) is 0 Å². The van der Waals surface area contributed by atoms with Gasteiger partial charge in [0.25, 0.3) is 0 Å². The molecule has 0 aliphatic carbocycles. The van der Waals surface area contributed by atoms with Gasteiger partial charge in [-0.05, 0) is 50.9 Å². The van der Waals surface area contributed by atoms with E-state index in [1.165, 1.54) is 30.5 Å². The molecule has 0 spiro atoms. The van der Waals surface area contributed by atoms with Crippen LogP contribution < -0.4 is 10.2 Å². The molecule has 1 aromatic rings. The van der Waals surface area contributed by atoms with Crippen molar-refractivity contribution < 1.29 is 0 Å². The number of rotatable bonds is 4. The maximum atomic E-state index is 6.36. The van der Waals surface area contributed by atoms with Crippen LogP contribution in [0.4, 0.5) is 5.69 Å². The van der Waals surface area contributed by atoms with Crippen LogP contribution in [0, 0.1) is 0 Å². The molecule has 0 amide bonds. The summed E-state index contributed by atoms with van der Waals surface area (Å²) in [5.74, 6) is 0. The molecule has 1 aromatic carbocycles. The molecule has 100 valence electrons. The van der Waals surface area contributed by atoms with Crippen LogP contribution in [0.2, 0.25) is 5.02 Å². The van der Waals surface area contributed by atoms with E-state index in [4.69, 9.17) is 11.6 Å². The summed E-state index contributed by atoms with van der Waals surface area (Å²) < 4.78 is 0. The summed E-state index contributed by atoms with van der Waals surface area (Å²) >= 11 is 6.36. The largest absolute Gasteiger partial charge is 0.366 e. The zero-order chi connectivity index (χ0) is 13.1. The van der Waals surface area contributed by atoms with Gasteiger partial charge in [0.05, 0.1) is 0 Å². The number of halogens is 1. The Bertz CT molecular complexity index is 405. The van der Waals surface area contributed by atoms with Crippen molar-refractivity contribution in [2.45, 2.75) is 51.7 Å². The van der Waals surface area contributed by atoms with Crippen molar-refractivity contribution in [2.75, 3.05) is 11.9 Å². The molecule has 1 aliphatic rings. The van der Waals surface area contributed by atoms with Gasteiger partial charge in [0.2, 0.25) is 0 Å². The molecule has 0 radical (unpaired) electrons. The van der Waals surface area contributed by atoms with Crippen molar-refractivity contribution in [3.63, 3.8) is 0 Å². The molecule has 2 atom stereocenters. The molecule has 2 unspecified atom stereocenters. The minimum atomic E-state index is 0.626. The predicted octanol–water partition coefficient (Wildman–Crippen LogP) is 3.83. The van der Waals surface area contributed by atoms with Crippen LogP contribution in [-0.2, 0) is 6.54 Å². The second-order valence-electron chi connectivity index (χ2n) is 5.20. The monoisotopic (exact) mass is 266 g/mol.